The molecule has 1 aliphatic heterocycles. The Kier molecular flexibility index (Phi) is 6.95. The second-order valence-electron chi connectivity index (χ2n) is 6.21. The Morgan fingerprint density at radius 3 is 2.70 bits per heavy atom. The van der Waals surface area contributed by atoms with Crippen LogP contribution in [-0.4, -0.2) is 61.1 Å². The number of benzene rings is 1. The Morgan fingerprint density at radius 1 is 1.33 bits per heavy atom. The number of aliphatic hydroxyl groups excluding tert-OH is 1. The molecule has 0 fully saturated rings. The summed E-state index contributed by atoms with van der Waals surface area (Å²) < 4.78 is 4.77. The van der Waals surface area contributed by atoms with Gasteiger partial charge in [0.1, 0.15) is 5.70 Å². The molecule has 0 atom stereocenters. The molecule has 0 aliphatic carbocycles. The average molecular weight is 375 g/mol. The summed E-state index contributed by atoms with van der Waals surface area (Å²) >= 11 is 0. The van der Waals surface area contributed by atoms with E-state index in [1.54, 1.807) is 18.2 Å². The quantitative estimate of drug-likeness (QED) is 0.581. The fourth-order valence-corrected chi connectivity index (χ4v) is 2.72. The summed E-state index contributed by atoms with van der Waals surface area (Å²) in [6, 6.07) is 5.12. The maximum atomic E-state index is 12.6. The zero-order valence-electron chi connectivity index (χ0n) is 15.8. The monoisotopic (exact) mass is 375 g/mol. The van der Waals surface area contributed by atoms with Crippen molar-refractivity contribution in [2.24, 2.45) is 0 Å². The lowest BCUT2D eigenvalue weighted by Gasteiger charge is -2.16. The van der Waals surface area contributed by atoms with E-state index in [9.17, 15) is 14.4 Å². The van der Waals surface area contributed by atoms with Gasteiger partial charge in [-0.05, 0) is 31.0 Å². The van der Waals surface area contributed by atoms with Crippen LogP contribution in [0, 0.1) is 6.92 Å². The molecule has 0 unspecified atom stereocenters. The van der Waals surface area contributed by atoms with Crippen LogP contribution in [0.25, 0.3) is 0 Å². The third kappa shape index (κ3) is 4.65. The fraction of sp³-hybridized carbons (Fsp3) is 0.421. The van der Waals surface area contributed by atoms with Crippen LogP contribution in [0.5, 0.6) is 0 Å². The van der Waals surface area contributed by atoms with Crippen LogP contribution in [0.1, 0.15) is 29.3 Å². The zero-order valence-corrected chi connectivity index (χ0v) is 15.8. The molecular formula is C19H25N3O5. The third-order valence-electron chi connectivity index (χ3n) is 4.25. The highest BCUT2D eigenvalue weighted by Gasteiger charge is 2.34. The number of hydrogen-bond donors (Lipinski definition) is 3. The predicted molar refractivity (Wildman–Crippen MR) is 100 cm³/mol. The summed E-state index contributed by atoms with van der Waals surface area (Å²) in [7, 11) is 1.25. The van der Waals surface area contributed by atoms with Gasteiger partial charge in [0.2, 0.25) is 0 Å². The van der Waals surface area contributed by atoms with Crippen LogP contribution in [0.4, 0.5) is 5.69 Å². The van der Waals surface area contributed by atoms with Gasteiger partial charge in [0.25, 0.3) is 11.8 Å². The van der Waals surface area contributed by atoms with Crippen molar-refractivity contribution in [1.82, 2.24) is 10.2 Å². The van der Waals surface area contributed by atoms with Gasteiger partial charge in [0, 0.05) is 24.3 Å². The van der Waals surface area contributed by atoms with E-state index in [0.717, 1.165) is 12.0 Å². The van der Waals surface area contributed by atoms with E-state index in [-0.39, 0.29) is 36.9 Å². The molecule has 1 aromatic carbocycles. The van der Waals surface area contributed by atoms with E-state index in [0.29, 0.717) is 17.8 Å². The average Bonchev–Trinajstić information content (AvgIpc) is 2.97. The molecule has 0 saturated heterocycles. The Balaban J connectivity index is 2.33. The summed E-state index contributed by atoms with van der Waals surface area (Å²) in [5.41, 5.74) is 2.11. The second-order valence-corrected chi connectivity index (χ2v) is 6.21. The Bertz CT molecular complexity index is 773. The number of ether oxygens (including phenoxy) is 1. The molecule has 8 nitrogen and oxygen atoms in total. The number of aliphatic hydroxyl groups is 1. The van der Waals surface area contributed by atoms with Crippen molar-refractivity contribution in [1.29, 1.82) is 0 Å². The molecule has 0 spiro atoms. The van der Waals surface area contributed by atoms with E-state index < -0.39 is 11.9 Å². The molecule has 3 N–H and O–H groups in total. The molecule has 8 heteroatoms. The number of nitrogens with zero attached hydrogens (tertiary/aromatic N) is 1. The topological polar surface area (TPSA) is 108 Å². The van der Waals surface area contributed by atoms with Gasteiger partial charge in [0.15, 0.2) is 0 Å². The Morgan fingerprint density at radius 2 is 2.07 bits per heavy atom. The molecule has 0 aromatic heterocycles. The largest absolute Gasteiger partial charge is 0.466 e. The lowest BCUT2D eigenvalue weighted by molar-refractivity contribution is -0.136. The molecular weight excluding hydrogens is 350 g/mol. The van der Waals surface area contributed by atoms with Gasteiger partial charge in [0.05, 0.1) is 25.8 Å². The summed E-state index contributed by atoms with van der Waals surface area (Å²) in [5, 5.41) is 14.9. The van der Waals surface area contributed by atoms with Crippen molar-refractivity contribution in [2.75, 3.05) is 38.7 Å². The number of carbonyl (C=O) groups is 3. The maximum Gasteiger partial charge on any atom is 0.337 e. The SMILES string of the molecule is CCCNC(=O)c1ccc(C)c(NC2=C(C(=O)OC)CN(CCO)C2=O)c1. The van der Waals surface area contributed by atoms with E-state index in [4.69, 9.17) is 9.84 Å². The van der Waals surface area contributed by atoms with Gasteiger partial charge in [-0.2, -0.15) is 0 Å². The lowest BCUT2D eigenvalue weighted by Crippen LogP contribution is -2.31. The third-order valence-corrected chi connectivity index (χ3v) is 4.25. The van der Waals surface area contributed by atoms with E-state index in [1.807, 2.05) is 13.8 Å². The predicted octanol–water partition coefficient (Wildman–Crippen LogP) is 0.808. The number of carbonyl (C=O) groups excluding carboxylic acids is 3. The first-order chi connectivity index (χ1) is 12.9. The molecule has 2 rings (SSSR count). The van der Waals surface area contributed by atoms with Crippen LogP contribution in [-0.2, 0) is 14.3 Å². The van der Waals surface area contributed by atoms with Crippen LogP contribution in [0.15, 0.2) is 29.5 Å². The number of nitrogens with one attached hydrogen (secondary N) is 2. The summed E-state index contributed by atoms with van der Waals surface area (Å²) in [6.45, 7) is 4.33. The van der Waals surface area contributed by atoms with Gasteiger partial charge in [-0.25, -0.2) is 4.79 Å². The fourth-order valence-electron chi connectivity index (χ4n) is 2.72. The number of β-amino-alcohol motifs (C(OH)–C–C–N with tert-alkyl or cyclic N) is 1. The van der Waals surface area contributed by atoms with Crippen LogP contribution >= 0.6 is 0 Å². The highest BCUT2D eigenvalue weighted by Crippen LogP contribution is 2.25. The van der Waals surface area contributed by atoms with Gasteiger partial charge in [-0.3, -0.25) is 9.59 Å². The van der Waals surface area contributed by atoms with Gasteiger partial charge >= 0.3 is 5.97 Å². The lowest BCUT2D eigenvalue weighted by atomic mass is 10.1. The van der Waals surface area contributed by atoms with Crippen molar-refractivity contribution in [3.8, 4) is 0 Å². The minimum Gasteiger partial charge on any atom is -0.466 e. The molecule has 27 heavy (non-hydrogen) atoms. The Hall–Kier alpha value is -2.87. The van der Waals surface area contributed by atoms with Crippen molar-refractivity contribution in [2.45, 2.75) is 20.3 Å². The van der Waals surface area contributed by atoms with Crippen molar-refractivity contribution < 1.29 is 24.2 Å². The molecule has 0 radical (unpaired) electrons. The normalized spacial score (nSPS) is 13.8. The number of aryl methyl sites for hydroxylation is 1. The van der Waals surface area contributed by atoms with Crippen molar-refractivity contribution in [3.63, 3.8) is 0 Å². The number of esters is 1. The first-order valence-electron chi connectivity index (χ1n) is 8.80. The standard InChI is InChI=1S/C19H25N3O5/c1-4-7-20-17(24)13-6-5-12(2)15(10-13)21-16-14(19(26)27-3)11-22(8-9-23)18(16)25/h5-6,10,21,23H,4,7-9,11H2,1-3H3,(H,20,24). The smallest absolute Gasteiger partial charge is 0.337 e. The van der Waals surface area contributed by atoms with E-state index >= 15 is 0 Å². The van der Waals surface area contributed by atoms with Crippen LogP contribution < -0.4 is 10.6 Å². The molecule has 146 valence electrons. The van der Waals surface area contributed by atoms with E-state index in [2.05, 4.69) is 10.6 Å². The maximum absolute atomic E-state index is 12.6. The van der Waals surface area contributed by atoms with Crippen molar-refractivity contribution in [3.05, 3.63) is 40.6 Å². The van der Waals surface area contributed by atoms with E-state index in [1.165, 1.54) is 12.0 Å². The molecule has 2 amide bonds. The summed E-state index contributed by atoms with van der Waals surface area (Å²) in [4.78, 5) is 38.2. The molecule has 1 aromatic rings. The summed E-state index contributed by atoms with van der Waals surface area (Å²) in [5.74, 6) is -1.22. The van der Waals surface area contributed by atoms with Gasteiger partial charge < -0.3 is 25.4 Å². The molecule has 1 heterocycles. The number of rotatable bonds is 8. The highest BCUT2D eigenvalue weighted by atomic mass is 16.5. The first kappa shape index (κ1) is 20.4. The number of amides is 2. The van der Waals surface area contributed by atoms with Crippen LogP contribution in [0.2, 0.25) is 0 Å². The van der Waals surface area contributed by atoms with Gasteiger partial charge in [-0.1, -0.05) is 13.0 Å². The minimum atomic E-state index is -0.610. The highest BCUT2D eigenvalue weighted by molar-refractivity contribution is 6.08. The number of hydrogen-bond acceptors (Lipinski definition) is 6. The Labute approximate surface area is 158 Å². The molecule has 0 bridgehead atoms. The first-order valence-corrected chi connectivity index (χ1v) is 8.80. The van der Waals surface area contributed by atoms with Crippen molar-refractivity contribution >= 4 is 23.5 Å². The zero-order chi connectivity index (χ0) is 20.0. The second kappa shape index (κ2) is 9.18. The van der Waals surface area contributed by atoms with Gasteiger partial charge in [-0.15, -0.1) is 0 Å². The minimum absolute atomic E-state index is 0.0596. The number of methoxy groups -OCH3 is 1. The molecule has 0 saturated carbocycles. The summed E-state index contributed by atoms with van der Waals surface area (Å²) in [6.07, 6.45) is 0.827. The van der Waals surface area contributed by atoms with Crippen LogP contribution in [0.3, 0.4) is 0 Å². The number of anilines is 1. The molecule has 1 aliphatic rings.